The van der Waals surface area contributed by atoms with E-state index in [0.717, 1.165) is 24.2 Å². The Morgan fingerprint density at radius 1 is 1.17 bits per heavy atom. The van der Waals surface area contributed by atoms with Gasteiger partial charge in [-0.2, -0.15) is 0 Å². The topological polar surface area (TPSA) is 51.8 Å². The Morgan fingerprint density at radius 3 is 2.33 bits per heavy atom. The molecule has 12 heavy (non-hydrogen) atoms. The van der Waals surface area contributed by atoms with Crippen LogP contribution in [-0.2, 0) is 12.8 Å². The van der Waals surface area contributed by atoms with Gasteiger partial charge in [0.1, 0.15) is 0 Å². The minimum Gasteiger partial charge on any atom is -0.368 e. The molecule has 1 aromatic rings. The summed E-state index contributed by atoms with van der Waals surface area (Å²) in [7, 11) is 0. The van der Waals surface area contributed by atoms with E-state index < -0.39 is 0 Å². The molecule has 66 valence electrons. The first-order valence-corrected chi connectivity index (χ1v) is 4.30. The predicted octanol–water partition coefficient (Wildman–Crippen LogP) is 1.49. The molecule has 3 nitrogen and oxygen atoms in total. The van der Waals surface area contributed by atoms with Gasteiger partial charge in [-0.05, 0) is 25.3 Å². The molecule has 0 unspecified atom stereocenters. The van der Waals surface area contributed by atoms with E-state index in [1.54, 1.807) is 0 Å². The van der Waals surface area contributed by atoms with Gasteiger partial charge in [-0.3, -0.25) is 0 Å². The number of hydrogen-bond acceptors (Lipinski definition) is 3. The highest BCUT2D eigenvalue weighted by atomic mass is 15.0. The number of aromatic nitrogens is 2. The van der Waals surface area contributed by atoms with Crippen molar-refractivity contribution >= 4 is 5.95 Å². The smallest absolute Gasteiger partial charge is 0.220 e. The molecule has 0 radical (unpaired) electrons. The number of hydrogen-bond donors (Lipinski definition) is 1. The molecule has 0 bridgehead atoms. The maximum atomic E-state index is 5.54. The van der Waals surface area contributed by atoms with Gasteiger partial charge in [0.25, 0.3) is 0 Å². The highest BCUT2D eigenvalue weighted by Crippen LogP contribution is 2.12. The Balaban J connectivity index is 3.24. The van der Waals surface area contributed by atoms with Gasteiger partial charge in [0.05, 0.1) is 0 Å². The van der Waals surface area contributed by atoms with Crippen molar-refractivity contribution in [3.8, 4) is 0 Å². The van der Waals surface area contributed by atoms with Crippen molar-refractivity contribution in [2.75, 3.05) is 5.73 Å². The van der Waals surface area contributed by atoms with E-state index in [2.05, 4.69) is 23.8 Å². The molecule has 1 aromatic heterocycles. The summed E-state index contributed by atoms with van der Waals surface area (Å²) < 4.78 is 0. The minimum absolute atomic E-state index is 0.390. The zero-order chi connectivity index (χ0) is 9.14. The molecule has 0 spiro atoms. The molecule has 0 atom stereocenters. The average molecular weight is 165 g/mol. The molecule has 0 saturated heterocycles. The summed E-state index contributed by atoms with van der Waals surface area (Å²) in [5, 5.41) is 0. The highest BCUT2D eigenvalue weighted by Gasteiger charge is 2.05. The van der Waals surface area contributed by atoms with Crippen LogP contribution in [0.4, 0.5) is 5.95 Å². The Morgan fingerprint density at radius 2 is 1.83 bits per heavy atom. The van der Waals surface area contributed by atoms with Gasteiger partial charge in [0, 0.05) is 11.4 Å². The summed E-state index contributed by atoms with van der Waals surface area (Å²) in [6.07, 6.45) is 1.91. The van der Waals surface area contributed by atoms with Crippen molar-refractivity contribution in [3.63, 3.8) is 0 Å². The van der Waals surface area contributed by atoms with Crippen molar-refractivity contribution in [2.45, 2.75) is 33.6 Å². The Hall–Kier alpha value is -1.12. The monoisotopic (exact) mass is 165 g/mol. The molecule has 0 aromatic carbocycles. The molecule has 0 aliphatic heterocycles. The Bertz CT molecular complexity index is 281. The maximum Gasteiger partial charge on any atom is 0.220 e. The molecule has 0 saturated carbocycles. The number of nitrogens with zero attached hydrogens (tertiary/aromatic N) is 2. The van der Waals surface area contributed by atoms with Gasteiger partial charge in [-0.15, -0.1) is 0 Å². The van der Waals surface area contributed by atoms with E-state index in [1.807, 2.05) is 6.92 Å². The van der Waals surface area contributed by atoms with Gasteiger partial charge in [-0.1, -0.05) is 13.8 Å². The maximum absolute atomic E-state index is 5.54. The normalized spacial score (nSPS) is 10.2. The molecule has 1 heterocycles. The van der Waals surface area contributed by atoms with Crippen LogP contribution in [0.25, 0.3) is 0 Å². The summed E-state index contributed by atoms with van der Waals surface area (Å²) in [5.41, 5.74) is 8.88. The van der Waals surface area contributed by atoms with Crippen LogP contribution < -0.4 is 5.73 Å². The van der Waals surface area contributed by atoms with E-state index in [1.165, 1.54) is 5.56 Å². The zero-order valence-electron chi connectivity index (χ0n) is 7.89. The Kier molecular flexibility index (Phi) is 2.63. The molecule has 3 heteroatoms. The minimum atomic E-state index is 0.390. The lowest BCUT2D eigenvalue weighted by atomic mass is 10.1. The first-order valence-electron chi connectivity index (χ1n) is 4.30. The van der Waals surface area contributed by atoms with Crippen LogP contribution in [-0.4, -0.2) is 9.97 Å². The number of anilines is 1. The van der Waals surface area contributed by atoms with Crippen LogP contribution in [0.15, 0.2) is 0 Å². The fraction of sp³-hybridized carbons (Fsp3) is 0.556. The van der Waals surface area contributed by atoms with Crippen molar-refractivity contribution in [2.24, 2.45) is 0 Å². The van der Waals surface area contributed by atoms with E-state index in [4.69, 9.17) is 5.73 Å². The predicted molar refractivity (Wildman–Crippen MR) is 49.9 cm³/mol. The van der Waals surface area contributed by atoms with Crippen molar-refractivity contribution in [3.05, 3.63) is 17.0 Å². The first-order chi connectivity index (χ1) is 5.69. The lowest BCUT2D eigenvalue weighted by Gasteiger charge is -2.07. The number of nitrogen functional groups attached to an aromatic ring is 1. The number of rotatable bonds is 2. The van der Waals surface area contributed by atoms with Crippen molar-refractivity contribution < 1.29 is 0 Å². The quantitative estimate of drug-likeness (QED) is 0.722. The van der Waals surface area contributed by atoms with Gasteiger partial charge in [0.2, 0.25) is 5.95 Å². The van der Waals surface area contributed by atoms with E-state index in [0.29, 0.717) is 5.95 Å². The van der Waals surface area contributed by atoms with Gasteiger partial charge in [-0.25, -0.2) is 9.97 Å². The molecule has 1 rings (SSSR count). The lowest BCUT2D eigenvalue weighted by molar-refractivity contribution is 0.913. The largest absolute Gasteiger partial charge is 0.368 e. The summed E-state index contributed by atoms with van der Waals surface area (Å²) in [6.45, 7) is 6.18. The SMILES string of the molecule is CCc1nc(N)nc(C)c1CC. The van der Waals surface area contributed by atoms with Crippen LogP contribution in [0.3, 0.4) is 0 Å². The standard InChI is InChI=1S/C9H15N3/c1-4-7-6(3)11-9(10)12-8(7)5-2/h4-5H2,1-3H3,(H2,10,11,12). The summed E-state index contributed by atoms with van der Waals surface area (Å²) in [4.78, 5) is 8.31. The fourth-order valence-electron chi connectivity index (χ4n) is 1.43. The van der Waals surface area contributed by atoms with Crippen molar-refractivity contribution in [1.29, 1.82) is 0 Å². The Labute approximate surface area is 73.0 Å². The highest BCUT2D eigenvalue weighted by molar-refractivity contribution is 5.31. The van der Waals surface area contributed by atoms with E-state index >= 15 is 0 Å². The average Bonchev–Trinajstić information content (AvgIpc) is 2.03. The van der Waals surface area contributed by atoms with Gasteiger partial charge in [0.15, 0.2) is 0 Å². The molecule has 0 aliphatic carbocycles. The molecule has 2 N–H and O–H groups in total. The number of aryl methyl sites for hydroxylation is 2. The fourth-order valence-corrected chi connectivity index (χ4v) is 1.43. The second kappa shape index (κ2) is 3.52. The first kappa shape index (κ1) is 8.97. The van der Waals surface area contributed by atoms with Crippen LogP contribution >= 0.6 is 0 Å². The van der Waals surface area contributed by atoms with Crippen LogP contribution in [0, 0.1) is 6.92 Å². The summed E-state index contributed by atoms with van der Waals surface area (Å²) in [6, 6.07) is 0. The van der Waals surface area contributed by atoms with Gasteiger partial charge >= 0.3 is 0 Å². The van der Waals surface area contributed by atoms with E-state index in [9.17, 15) is 0 Å². The van der Waals surface area contributed by atoms with Gasteiger partial charge < -0.3 is 5.73 Å². The molecule has 0 fully saturated rings. The molecular formula is C9H15N3. The summed E-state index contributed by atoms with van der Waals surface area (Å²) in [5.74, 6) is 0.390. The third-order valence-corrected chi connectivity index (χ3v) is 2.01. The van der Waals surface area contributed by atoms with Crippen LogP contribution in [0.1, 0.15) is 30.8 Å². The van der Waals surface area contributed by atoms with E-state index in [-0.39, 0.29) is 0 Å². The second-order valence-electron chi connectivity index (χ2n) is 2.80. The second-order valence-corrected chi connectivity index (χ2v) is 2.80. The van der Waals surface area contributed by atoms with Crippen LogP contribution in [0.5, 0.6) is 0 Å². The lowest BCUT2D eigenvalue weighted by Crippen LogP contribution is -2.05. The third-order valence-electron chi connectivity index (χ3n) is 2.01. The third kappa shape index (κ3) is 1.55. The molecule has 0 amide bonds. The zero-order valence-corrected chi connectivity index (χ0v) is 7.89. The summed E-state index contributed by atoms with van der Waals surface area (Å²) >= 11 is 0. The molecular weight excluding hydrogens is 150 g/mol. The van der Waals surface area contributed by atoms with Crippen molar-refractivity contribution in [1.82, 2.24) is 9.97 Å². The number of nitrogens with two attached hydrogens (primary N) is 1. The van der Waals surface area contributed by atoms with Crippen LogP contribution in [0.2, 0.25) is 0 Å². The molecule has 0 aliphatic rings.